The van der Waals surface area contributed by atoms with E-state index in [9.17, 15) is 13.6 Å². The molecule has 8 nitrogen and oxygen atoms in total. The van der Waals surface area contributed by atoms with Crippen LogP contribution in [0.15, 0.2) is 54.7 Å². The predicted octanol–water partition coefficient (Wildman–Crippen LogP) is 4.33. The Morgan fingerprint density at radius 1 is 1.18 bits per heavy atom. The van der Waals surface area contributed by atoms with Gasteiger partial charge in [0.15, 0.2) is 5.13 Å². The molecule has 4 rings (SSSR count). The predicted molar refractivity (Wildman–Crippen MR) is 126 cm³/mol. The molecule has 11 heteroatoms. The maximum Gasteiger partial charge on any atom is 0.466 e. The summed E-state index contributed by atoms with van der Waals surface area (Å²) in [7, 11) is 1.40. The fourth-order valence-corrected chi connectivity index (χ4v) is 4.26. The third-order valence-electron chi connectivity index (χ3n) is 5.01. The Bertz CT molecular complexity index is 1360. The Hall–Kier alpha value is -3.83. The number of benzene rings is 2. The minimum atomic E-state index is -3.86. The quantitative estimate of drug-likeness (QED) is 0.263. The second-order valence-corrected chi connectivity index (χ2v) is 8.47. The molecule has 0 saturated carbocycles. The van der Waals surface area contributed by atoms with E-state index < -0.39 is 18.2 Å². The summed E-state index contributed by atoms with van der Waals surface area (Å²) in [6, 6.07) is 12.7. The van der Waals surface area contributed by atoms with Crippen LogP contribution in [0, 0.1) is 0 Å². The zero-order valence-electron chi connectivity index (χ0n) is 18.2. The number of alkyl halides is 2. The average molecular weight is 486 g/mol. The Labute approximate surface area is 197 Å². The maximum absolute atomic E-state index is 13.2. The molecule has 4 aromatic rings. The summed E-state index contributed by atoms with van der Waals surface area (Å²) >= 11 is 1.36. The van der Waals surface area contributed by atoms with E-state index in [0.29, 0.717) is 16.3 Å². The normalized spacial score (nSPS) is 12.4. The van der Waals surface area contributed by atoms with Crippen LogP contribution in [0.25, 0.3) is 21.3 Å². The van der Waals surface area contributed by atoms with Crippen molar-refractivity contribution in [1.82, 2.24) is 15.3 Å². The Morgan fingerprint density at radius 3 is 2.68 bits per heavy atom. The smallest absolute Gasteiger partial charge is 0.466 e. The Morgan fingerprint density at radius 2 is 1.94 bits per heavy atom. The van der Waals surface area contributed by atoms with E-state index in [-0.39, 0.29) is 17.2 Å². The van der Waals surface area contributed by atoms with Crippen LogP contribution in [0.5, 0.6) is 11.6 Å². The van der Waals surface area contributed by atoms with Crippen molar-refractivity contribution < 1.29 is 23.0 Å². The van der Waals surface area contributed by atoms with Crippen LogP contribution in [0.1, 0.15) is 28.9 Å². The van der Waals surface area contributed by atoms with E-state index in [1.54, 1.807) is 31.3 Å². The second-order valence-electron chi connectivity index (χ2n) is 7.41. The van der Waals surface area contributed by atoms with Crippen LogP contribution in [-0.2, 0) is 0 Å². The van der Waals surface area contributed by atoms with Gasteiger partial charge in [0.25, 0.3) is 5.91 Å². The number of nitrogen functional groups attached to an aromatic ring is 1. The molecular formula is C23H21F2N5O3S. The van der Waals surface area contributed by atoms with Gasteiger partial charge < -0.3 is 20.5 Å². The molecule has 0 aliphatic carbocycles. The molecule has 0 fully saturated rings. The van der Waals surface area contributed by atoms with Crippen molar-refractivity contribution in [3.63, 3.8) is 0 Å². The largest absolute Gasteiger partial charge is 0.480 e. The molecule has 1 atom stereocenters. The monoisotopic (exact) mass is 485 g/mol. The van der Waals surface area contributed by atoms with Crippen LogP contribution in [0.3, 0.4) is 0 Å². The SMILES string of the molecule is COc1ncc(-c2ccc3nc(N)sc3c2)cc1C(=O)NC(C)c1ccccc1OC(N)(F)F. The lowest BCUT2D eigenvalue weighted by atomic mass is 10.0. The molecule has 34 heavy (non-hydrogen) atoms. The van der Waals surface area contributed by atoms with Gasteiger partial charge in [0.05, 0.1) is 23.4 Å². The number of nitrogens with one attached hydrogen (secondary N) is 1. The van der Waals surface area contributed by atoms with E-state index >= 15 is 0 Å². The number of pyridine rings is 1. The van der Waals surface area contributed by atoms with Crippen LogP contribution in [0.2, 0.25) is 0 Å². The zero-order valence-corrected chi connectivity index (χ0v) is 19.0. The molecule has 2 heterocycles. The third kappa shape index (κ3) is 5.05. The summed E-state index contributed by atoms with van der Waals surface area (Å²) in [6.45, 7) is 1.64. The number of nitrogens with zero attached hydrogens (tertiary/aromatic N) is 2. The summed E-state index contributed by atoms with van der Waals surface area (Å²) in [5.74, 6) is -0.524. The molecule has 0 radical (unpaired) electrons. The molecule has 0 aliphatic rings. The van der Waals surface area contributed by atoms with Gasteiger partial charge in [-0.2, -0.15) is 0 Å². The molecule has 0 spiro atoms. The molecule has 0 bridgehead atoms. The number of carbonyl (C=O) groups is 1. The number of anilines is 1. The maximum atomic E-state index is 13.2. The summed E-state index contributed by atoms with van der Waals surface area (Å²) in [5, 5.41) is 3.24. The van der Waals surface area contributed by atoms with Crippen molar-refractivity contribution in [3.8, 4) is 22.8 Å². The number of hydrogen-bond acceptors (Lipinski definition) is 8. The highest BCUT2D eigenvalue weighted by atomic mass is 32.1. The van der Waals surface area contributed by atoms with Crippen molar-refractivity contribution in [2.75, 3.05) is 12.8 Å². The van der Waals surface area contributed by atoms with Gasteiger partial charge in [-0.3, -0.25) is 4.79 Å². The molecule has 176 valence electrons. The number of fused-ring (bicyclic) bond motifs is 1. The lowest BCUT2D eigenvalue weighted by Crippen LogP contribution is -2.36. The van der Waals surface area contributed by atoms with Gasteiger partial charge in [0.1, 0.15) is 11.3 Å². The molecule has 0 saturated heterocycles. The van der Waals surface area contributed by atoms with Crippen molar-refractivity contribution in [1.29, 1.82) is 0 Å². The first-order chi connectivity index (χ1) is 16.1. The van der Waals surface area contributed by atoms with Gasteiger partial charge >= 0.3 is 6.23 Å². The highest BCUT2D eigenvalue weighted by Gasteiger charge is 2.27. The topological polar surface area (TPSA) is 125 Å². The van der Waals surface area contributed by atoms with Crippen LogP contribution >= 0.6 is 11.3 Å². The zero-order chi connectivity index (χ0) is 24.5. The third-order valence-corrected chi connectivity index (χ3v) is 5.85. The van der Waals surface area contributed by atoms with Crippen molar-refractivity contribution in [2.45, 2.75) is 19.2 Å². The number of ether oxygens (including phenoxy) is 2. The number of amides is 1. The van der Waals surface area contributed by atoms with Gasteiger partial charge in [-0.05, 0) is 36.8 Å². The number of thiazole rings is 1. The fourth-order valence-electron chi connectivity index (χ4n) is 3.49. The number of halogens is 2. The first kappa shape index (κ1) is 23.3. The van der Waals surface area contributed by atoms with E-state index in [2.05, 4.69) is 20.0 Å². The second kappa shape index (κ2) is 9.20. The average Bonchev–Trinajstić information content (AvgIpc) is 3.17. The van der Waals surface area contributed by atoms with Crippen molar-refractivity contribution in [3.05, 3.63) is 65.9 Å². The first-order valence-corrected chi connectivity index (χ1v) is 10.9. The molecule has 1 unspecified atom stereocenters. The molecule has 0 aliphatic heterocycles. The number of methoxy groups -OCH3 is 1. The standard InChI is InChI=1S/C23H21F2N5O3S/c1-12(15-5-3-4-6-18(15)33-23(24,25)27)29-20(31)16-9-14(11-28-21(16)32-2)13-7-8-17-19(10-13)34-22(26)30-17/h3-12H,27H2,1-2H3,(H2,26,30)(H,29,31). The van der Waals surface area contributed by atoms with Crippen molar-refractivity contribution >= 4 is 32.6 Å². The molecule has 1 amide bonds. The van der Waals surface area contributed by atoms with Gasteiger partial charge in [0.2, 0.25) is 5.88 Å². The lowest BCUT2D eigenvalue weighted by Gasteiger charge is -2.20. The van der Waals surface area contributed by atoms with E-state index in [0.717, 1.165) is 15.8 Å². The lowest BCUT2D eigenvalue weighted by molar-refractivity contribution is -0.170. The number of carbonyl (C=O) groups excluding carboxylic acids is 1. The van der Waals surface area contributed by atoms with E-state index in [1.807, 2.05) is 18.2 Å². The van der Waals surface area contributed by atoms with Crippen LogP contribution < -0.4 is 26.3 Å². The van der Waals surface area contributed by atoms with E-state index in [1.165, 1.54) is 30.6 Å². The molecule has 2 aromatic carbocycles. The number of para-hydroxylation sites is 1. The van der Waals surface area contributed by atoms with Crippen LogP contribution in [-0.4, -0.2) is 29.2 Å². The molecule has 5 N–H and O–H groups in total. The first-order valence-electron chi connectivity index (χ1n) is 10.1. The fraction of sp³-hybridized carbons (Fsp3) is 0.174. The van der Waals surface area contributed by atoms with Gasteiger partial charge in [-0.15, -0.1) is 8.78 Å². The summed E-state index contributed by atoms with van der Waals surface area (Å²) < 4.78 is 37.1. The number of rotatable bonds is 7. The minimum Gasteiger partial charge on any atom is -0.480 e. The Kier molecular flexibility index (Phi) is 6.31. The highest BCUT2D eigenvalue weighted by molar-refractivity contribution is 7.22. The number of nitrogens with two attached hydrogens (primary N) is 2. The highest BCUT2D eigenvalue weighted by Crippen LogP contribution is 2.32. The van der Waals surface area contributed by atoms with Crippen LogP contribution in [0.4, 0.5) is 13.9 Å². The summed E-state index contributed by atoms with van der Waals surface area (Å²) in [5.41, 5.74) is 13.3. The van der Waals surface area contributed by atoms with Gasteiger partial charge in [-0.1, -0.05) is 35.6 Å². The van der Waals surface area contributed by atoms with Gasteiger partial charge in [0, 0.05) is 17.3 Å². The Balaban J connectivity index is 1.63. The summed E-state index contributed by atoms with van der Waals surface area (Å²) in [4.78, 5) is 21.6. The molecular weight excluding hydrogens is 464 g/mol. The molecule has 2 aromatic heterocycles. The summed E-state index contributed by atoms with van der Waals surface area (Å²) in [6.07, 6.45) is -2.26. The van der Waals surface area contributed by atoms with Crippen molar-refractivity contribution in [2.24, 2.45) is 5.73 Å². The minimum absolute atomic E-state index is 0.120. The van der Waals surface area contributed by atoms with Gasteiger partial charge in [-0.25, -0.2) is 15.7 Å². The number of aromatic nitrogens is 2. The van der Waals surface area contributed by atoms with E-state index in [4.69, 9.17) is 16.2 Å². The number of hydrogen-bond donors (Lipinski definition) is 3.